The van der Waals surface area contributed by atoms with Gasteiger partial charge in [0.05, 0.1) is 10.8 Å². The summed E-state index contributed by atoms with van der Waals surface area (Å²) >= 11 is 0. The van der Waals surface area contributed by atoms with Crippen LogP contribution in [0.5, 0.6) is 0 Å². The van der Waals surface area contributed by atoms with Gasteiger partial charge in [0.1, 0.15) is 5.78 Å². The van der Waals surface area contributed by atoms with Crippen LogP contribution in [0.3, 0.4) is 0 Å². The van der Waals surface area contributed by atoms with Gasteiger partial charge in [-0.2, -0.15) is 0 Å². The Bertz CT molecular complexity index is 819. The lowest BCUT2D eigenvalue weighted by molar-refractivity contribution is -0.144. The molecule has 5 nitrogen and oxygen atoms in total. The van der Waals surface area contributed by atoms with Gasteiger partial charge in [-0.25, -0.2) is 0 Å². The molecule has 2 aromatic rings. The molecular formula is C27H34O5. The lowest BCUT2D eigenvalue weighted by atomic mass is 9.78. The second-order valence-corrected chi connectivity index (χ2v) is 8.96. The summed E-state index contributed by atoms with van der Waals surface area (Å²) in [5.74, 6) is -1.55. The number of carbonyl (C=O) groups is 3. The molecule has 172 valence electrons. The van der Waals surface area contributed by atoms with Crippen molar-refractivity contribution in [2.75, 3.05) is 0 Å². The maximum absolute atomic E-state index is 12.3. The molecule has 2 unspecified atom stereocenters. The van der Waals surface area contributed by atoms with E-state index >= 15 is 0 Å². The van der Waals surface area contributed by atoms with E-state index in [1.165, 1.54) is 0 Å². The zero-order valence-electron chi connectivity index (χ0n) is 19.0. The first kappa shape index (κ1) is 25.3. The Balaban J connectivity index is 1.74. The second kappa shape index (κ2) is 11.6. The molecule has 0 fully saturated rings. The fourth-order valence-corrected chi connectivity index (χ4v) is 4.09. The summed E-state index contributed by atoms with van der Waals surface area (Å²) in [5, 5.41) is 19.4. The van der Waals surface area contributed by atoms with E-state index in [1.54, 1.807) is 13.8 Å². The Morgan fingerprint density at radius 3 is 1.28 bits per heavy atom. The van der Waals surface area contributed by atoms with Gasteiger partial charge in [0.25, 0.3) is 0 Å². The maximum Gasteiger partial charge on any atom is 0.313 e. The predicted octanol–water partition coefficient (Wildman–Crippen LogP) is 5.76. The molecule has 0 aliphatic carbocycles. The van der Waals surface area contributed by atoms with E-state index in [2.05, 4.69) is 0 Å². The lowest BCUT2D eigenvalue weighted by Gasteiger charge is -2.25. The molecular weight excluding hydrogens is 404 g/mol. The van der Waals surface area contributed by atoms with E-state index < -0.39 is 22.8 Å². The average molecular weight is 439 g/mol. The van der Waals surface area contributed by atoms with E-state index in [9.17, 15) is 24.6 Å². The van der Waals surface area contributed by atoms with Crippen LogP contribution in [0.15, 0.2) is 60.7 Å². The van der Waals surface area contributed by atoms with Gasteiger partial charge >= 0.3 is 11.9 Å². The molecule has 2 aromatic carbocycles. The minimum Gasteiger partial charge on any atom is -0.481 e. The highest BCUT2D eigenvalue weighted by atomic mass is 16.4. The fourth-order valence-electron chi connectivity index (χ4n) is 4.09. The molecule has 2 atom stereocenters. The Kier molecular flexibility index (Phi) is 9.18. The summed E-state index contributed by atoms with van der Waals surface area (Å²) in [7, 11) is 0. The number of carbonyl (C=O) groups excluding carboxylic acids is 1. The van der Waals surface area contributed by atoms with Crippen LogP contribution in [0.25, 0.3) is 0 Å². The zero-order valence-corrected chi connectivity index (χ0v) is 19.0. The Labute approximate surface area is 190 Å². The van der Waals surface area contributed by atoms with Crippen molar-refractivity contribution in [3.63, 3.8) is 0 Å². The maximum atomic E-state index is 12.3. The molecule has 0 saturated carbocycles. The van der Waals surface area contributed by atoms with Crippen molar-refractivity contribution in [3.05, 3.63) is 71.8 Å². The number of hydrogen-bond acceptors (Lipinski definition) is 3. The number of Topliss-reactive ketones (excluding diaryl/α,β-unsaturated/α-hetero) is 1. The monoisotopic (exact) mass is 438 g/mol. The van der Waals surface area contributed by atoms with Gasteiger partial charge in [0.15, 0.2) is 0 Å². The number of rotatable bonds is 14. The number of carboxylic acid groups (broad SMARTS) is 2. The van der Waals surface area contributed by atoms with Crippen LogP contribution in [0, 0.1) is 0 Å². The number of carboxylic acids is 2. The fraction of sp³-hybridized carbons (Fsp3) is 0.444. The zero-order chi connectivity index (χ0) is 23.6. The van der Waals surface area contributed by atoms with Crippen LogP contribution in [0.2, 0.25) is 0 Å². The van der Waals surface area contributed by atoms with E-state index in [0.29, 0.717) is 51.4 Å². The first-order valence-electron chi connectivity index (χ1n) is 11.3. The summed E-state index contributed by atoms with van der Waals surface area (Å²) in [6, 6.07) is 18.4. The van der Waals surface area contributed by atoms with Crippen molar-refractivity contribution < 1.29 is 24.6 Å². The van der Waals surface area contributed by atoms with Crippen molar-refractivity contribution in [1.82, 2.24) is 0 Å². The van der Waals surface area contributed by atoms with Gasteiger partial charge in [0.2, 0.25) is 0 Å². The molecule has 0 saturated heterocycles. The lowest BCUT2D eigenvalue weighted by Crippen LogP contribution is -2.32. The summed E-state index contributed by atoms with van der Waals surface area (Å²) in [6.45, 7) is 3.47. The summed E-state index contributed by atoms with van der Waals surface area (Å²) in [6.07, 6.45) is 4.46. The molecule has 2 N–H and O–H groups in total. The number of unbranched alkanes of at least 4 members (excludes halogenated alkanes) is 2. The highest BCUT2D eigenvalue weighted by Crippen LogP contribution is 2.31. The van der Waals surface area contributed by atoms with Gasteiger partial charge in [-0.05, 0) is 50.7 Å². The molecule has 0 aliphatic heterocycles. The third-order valence-electron chi connectivity index (χ3n) is 6.53. The van der Waals surface area contributed by atoms with E-state index in [1.807, 2.05) is 60.7 Å². The first-order chi connectivity index (χ1) is 15.2. The number of hydrogen-bond donors (Lipinski definition) is 2. The standard InChI is InChI=1S/C27H34O5/c1-26(24(29)30,21-13-5-3-6-14-21)19-11-9-17-23(28)18-10-12-20-27(2,25(31)32)22-15-7-4-8-16-22/h3-8,13-16H,9-12,17-20H2,1-2H3,(H,29,30)(H,31,32). The van der Waals surface area contributed by atoms with Crippen LogP contribution >= 0.6 is 0 Å². The van der Waals surface area contributed by atoms with E-state index in [0.717, 1.165) is 11.1 Å². The molecule has 32 heavy (non-hydrogen) atoms. The average Bonchev–Trinajstić information content (AvgIpc) is 2.80. The van der Waals surface area contributed by atoms with E-state index in [4.69, 9.17) is 0 Å². The molecule has 0 heterocycles. The van der Waals surface area contributed by atoms with Crippen LogP contribution < -0.4 is 0 Å². The largest absolute Gasteiger partial charge is 0.481 e. The van der Waals surface area contributed by atoms with Crippen molar-refractivity contribution in [2.45, 2.75) is 76.0 Å². The van der Waals surface area contributed by atoms with Crippen LogP contribution in [-0.2, 0) is 25.2 Å². The van der Waals surface area contributed by atoms with Crippen molar-refractivity contribution in [2.24, 2.45) is 0 Å². The van der Waals surface area contributed by atoms with Gasteiger partial charge in [0, 0.05) is 12.8 Å². The third-order valence-corrected chi connectivity index (χ3v) is 6.53. The normalized spacial score (nSPS) is 14.8. The molecule has 0 amide bonds. The van der Waals surface area contributed by atoms with Crippen LogP contribution in [0.1, 0.15) is 76.3 Å². The summed E-state index contributed by atoms with van der Waals surface area (Å²) < 4.78 is 0. The number of aliphatic carboxylic acids is 2. The van der Waals surface area contributed by atoms with E-state index in [-0.39, 0.29) is 5.78 Å². The van der Waals surface area contributed by atoms with Gasteiger partial charge in [-0.1, -0.05) is 73.5 Å². The first-order valence-corrected chi connectivity index (χ1v) is 11.3. The second-order valence-electron chi connectivity index (χ2n) is 8.96. The van der Waals surface area contributed by atoms with Gasteiger partial charge in [-0.15, -0.1) is 0 Å². The summed E-state index contributed by atoms with van der Waals surface area (Å²) in [5.41, 5.74) is -0.357. The highest BCUT2D eigenvalue weighted by Gasteiger charge is 2.35. The number of ketones is 1. The van der Waals surface area contributed by atoms with Crippen molar-refractivity contribution in [1.29, 1.82) is 0 Å². The topological polar surface area (TPSA) is 91.7 Å². The van der Waals surface area contributed by atoms with Crippen molar-refractivity contribution >= 4 is 17.7 Å². The Morgan fingerprint density at radius 2 is 0.969 bits per heavy atom. The highest BCUT2D eigenvalue weighted by molar-refractivity contribution is 5.81. The smallest absolute Gasteiger partial charge is 0.313 e. The molecule has 2 rings (SSSR count). The molecule has 0 bridgehead atoms. The van der Waals surface area contributed by atoms with Gasteiger partial charge < -0.3 is 10.2 Å². The molecule has 0 spiro atoms. The molecule has 0 aromatic heterocycles. The quantitative estimate of drug-likeness (QED) is 0.366. The number of benzene rings is 2. The van der Waals surface area contributed by atoms with Crippen LogP contribution in [0.4, 0.5) is 0 Å². The predicted molar refractivity (Wildman–Crippen MR) is 125 cm³/mol. The van der Waals surface area contributed by atoms with Crippen molar-refractivity contribution in [3.8, 4) is 0 Å². The minimum absolute atomic E-state index is 0.151. The molecule has 0 aliphatic rings. The molecule has 5 heteroatoms. The Morgan fingerprint density at radius 1 is 0.625 bits per heavy atom. The van der Waals surface area contributed by atoms with Crippen LogP contribution in [-0.4, -0.2) is 27.9 Å². The minimum atomic E-state index is -0.955. The van der Waals surface area contributed by atoms with Gasteiger partial charge in [-0.3, -0.25) is 14.4 Å². The third kappa shape index (κ3) is 6.52. The Hall–Kier alpha value is -2.95. The SMILES string of the molecule is CC(CCCCC(=O)CCCCC(C)(C(=O)O)c1ccccc1)(C(=O)O)c1ccccc1. The summed E-state index contributed by atoms with van der Waals surface area (Å²) in [4.78, 5) is 36.0. The molecule has 0 radical (unpaired) electrons.